The van der Waals surface area contributed by atoms with Crippen molar-refractivity contribution in [2.45, 2.75) is 38.6 Å². The van der Waals surface area contributed by atoms with Crippen LogP contribution in [0.2, 0.25) is 0 Å². The van der Waals surface area contributed by atoms with Gasteiger partial charge in [0.25, 0.3) is 5.91 Å². The van der Waals surface area contributed by atoms with Gasteiger partial charge in [-0.05, 0) is 37.8 Å². The van der Waals surface area contributed by atoms with Crippen LogP contribution in [-0.4, -0.2) is 59.9 Å². The van der Waals surface area contributed by atoms with E-state index < -0.39 is 0 Å². The first-order valence-electron chi connectivity index (χ1n) is 8.27. The summed E-state index contributed by atoms with van der Waals surface area (Å²) in [6.07, 6.45) is 4.82. The van der Waals surface area contributed by atoms with E-state index in [9.17, 15) is 4.79 Å². The molecule has 1 aromatic heterocycles. The summed E-state index contributed by atoms with van der Waals surface area (Å²) >= 11 is 0. The SMILES string of the molecule is CCC1CCCCN1c1ccc(C(=O)N2CCOCC2)nn1. The number of hydrogen-bond acceptors (Lipinski definition) is 5. The Hall–Kier alpha value is -1.69. The van der Waals surface area contributed by atoms with Crippen LogP contribution >= 0.6 is 0 Å². The number of amides is 1. The maximum Gasteiger partial charge on any atom is 0.274 e. The number of carbonyl (C=O) groups is 1. The molecule has 0 N–H and O–H groups in total. The summed E-state index contributed by atoms with van der Waals surface area (Å²) in [5.41, 5.74) is 0.427. The lowest BCUT2D eigenvalue weighted by Gasteiger charge is -2.35. The van der Waals surface area contributed by atoms with Crippen LogP contribution in [0.5, 0.6) is 0 Å². The summed E-state index contributed by atoms with van der Waals surface area (Å²) in [5, 5.41) is 8.49. The van der Waals surface area contributed by atoms with E-state index in [1.165, 1.54) is 19.3 Å². The molecule has 1 amide bonds. The minimum atomic E-state index is -0.0481. The largest absolute Gasteiger partial charge is 0.378 e. The molecular weight excluding hydrogens is 280 g/mol. The van der Waals surface area contributed by atoms with Crippen LogP contribution in [0.25, 0.3) is 0 Å². The molecule has 0 aromatic carbocycles. The number of ether oxygens (including phenoxy) is 1. The van der Waals surface area contributed by atoms with Crippen LogP contribution in [0, 0.1) is 0 Å². The highest BCUT2D eigenvalue weighted by molar-refractivity contribution is 5.92. The van der Waals surface area contributed by atoms with Gasteiger partial charge < -0.3 is 14.5 Å². The Balaban J connectivity index is 1.70. The van der Waals surface area contributed by atoms with Crippen LogP contribution in [-0.2, 0) is 4.74 Å². The van der Waals surface area contributed by atoms with Crippen molar-refractivity contribution >= 4 is 11.7 Å². The van der Waals surface area contributed by atoms with Crippen molar-refractivity contribution in [3.63, 3.8) is 0 Å². The third kappa shape index (κ3) is 3.21. The average Bonchev–Trinajstić information content (AvgIpc) is 2.62. The molecule has 120 valence electrons. The number of carbonyl (C=O) groups excluding carboxylic acids is 1. The third-order valence-electron chi connectivity index (χ3n) is 4.56. The summed E-state index contributed by atoms with van der Waals surface area (Å²) in [6.45, 7) is 5.71. The maximum atomic E-state index is 12.4. The van der Waals surface area contributed by atoms with E-state index >= 15 is 0 Å². The fourth-order valence-corrected chi connectivity index (χ4v) is 3.25. The monoisotopic (exact) mass is 304 g/mol. The zero-order valence-corrected chi connectivity index (χ0v) is 13.2. The molecule has 0 spiro atoms. The second kappa shape index (κ2) is 7.05. The number of anilines is 1. The molecule has 22 heavy (non-hydrogen) atoms. The van der Waals surface area contributed by atoms with E-state index in [1.54, 1.807) is 11.0 Å². The predicted molar refractivity (Wildman–Crippen MR) is 84.0 cm³/mol. The summed E-state index contributed by atoms with van der Waals surface area (Å²) < 4.78 is 5.27. The Morgan fingerprint density at radius 2 is 2.05 bits per heavy atom. The normalized spacial score (nSPS) is 22.7. The van der Waals surface area contributed by atoms with E-state index in [0.29, 0.717) is 38.0 Å². The Bertz CT molecular complexity index is 499. The van der Waals surface area contributed by atoms with Crippen molar-refractivity contribution in [1.29, 1.82) is 0 Å². The molecule has 2 aliphatic rings. The highest BCUT2D eigenvalue weighted by Crippen LogP contribution is 2.24. The standard InChI is InChI=1S/C16H24N4O2/c1-2-13-5-3-4-8-20(13)15-7-6-14(17-18-15)16(21)19-9-11-22-12-10-19/h6-7,13H,2-5,8-12H2,1H3. The smallest absolute Gasteiger partial charge is 0.274 e. The van der Waals surface area contributed by atoms with E-state index in [0.717, 1.165) is 18.8 Å². The van der Waals surface area contributed by atoms with Gasteiger partial charge in [-0.3, -0.25) is 4.79 Å². The molecule has 0 aliphatic carbocycles. The first kappa shape index (κ1) is 15.2. The van der Waals surface area contributed by atoms with Crippen LogP contribution in [0.4, 0.5) is 5.82 Å². The molecular formula is C16H24N4O2. The van der Waals surface area contributed by atoms with Gasteiger partial charge in [-0.1, -0.05) is 6.92 Å². The van der Waals surface area contributed by atoms with Gasteiger partial charge >= 0.3 is 0 Å². The fourth-order valence-electron chi connectivity index (χ4n) is 3.25. The third-order valence-corrected chi connectivity index (χ3v) is 4.56. The van der Waals surface area contributed by atoms with Gasteiger partial charge in [-0.2, -0.15) is 0 Å². The Labute approximate surface area is 131 Å². The zero-order valence-electron chi connectivity index (χ0n) is 13.2. The molecule has 6 heteroatoms. The molecule has 0 bridgehead atoms. The second-order valence-corrected chi connectivity index (χ2v) is 5.93. The Kier molecular flexibility index (Phi) is 4.87. The molecule has 1 unspecified atom stereocenters. The van der Waals surface area contributed by atoms with Crippen molar-refractivity contribution < 1.29 is 9.53 Å². The van der Waals surface area contributed by atoms with Gasteiger partial charge in [0.05, 0.1) is 13.2 Å². The minimum absolute atomic E-state index is 0.0481. The quantitative estimate of drug-likeness (QED) is 0.851. The molecule has 2 fully saturated rings. The highest BCUT2D eigenvalue weighted by Gasteiger charge is 2.24. The van der Waals surface area contributed by atoms with E-state index in [4.69, 9.17) is 4.74 Å². The Morgan fingerprint density at radius 1 is 1.23 bits per heavy atom. The van der Waals surface area contributed by atoms with Crippen molar-refractivity contribution in [1.82, 2.24) is 15.1 Å². The number of morpholine rings is 1. The average molecular weight is 304 g/mol. The summed E-state index contributed by atoms with van der Waals surface area (Å²) in [5.74, 6) is 0.845. The number of piperidine rings is 1. The van der Waals surface area contributed by atoms with Crippen LogP contribution in [0.1, 0.15) is 43.1 Å². The van der Waals surface area contributed by atoms with Gasteiger partial charge in [0.15, 0.2) is 11.5 Å². The molecule has 1 aromatic rings. The van der Waals surface area contributed by atoms with Gasteiger partial charge in [-0.25, -0.2) is 0 Å². The van der Waals surface area contributed by atoms with Crippen LogP contribution < -0.4 is 4.90 Å². The van der Waals surface area contributed by atoms with Crippen molar-refractivity contribution in [3.05, 3.63) is 17.8 Å². The highest BCUT2D eigenvalue weighted by atomic mass is 16.5. The van der Waals surface area contributed by atoms with Gasteiger partial charge in [0.1, 0.15) is 0 Å². The number of rotatable bonds is 3. The molecule has 1 atom stereocenters. The van der Waals surface area contributed by atoms with Gasteiger partial charge in [-0.15, -0.1) is 10.2 Å². The lowest BCUT2D eigenvalue weighted by atomic mass is 10.0. The van der Waals surface area contributed by atoms with Crippen molar-refractivity contribution in [2.75, 3.05) is 37.7 Å². The van der Waals surface area contributed by atoms with Crippen LogP contribution in [0.15, 0.2) is 12.1 Å². The maximum absolute atomic E-state index is 12.4. The molecule has 0 saturated carbocycles. The lowest BCUT2D eigenvalue weighted by Crippen LogP contribution is -2.41. The van der Waals surface area contributed by atoms with Crippen molar-refractivity contribution in [3.8, 4) is 0 Å². The lowest BCUT2D eigenvalue weighted by molar-refractivity contribution is 0.0298. The van der Waals surface area contributed by atoms with E-state index in [-0.39, 0.29) is 5.91 Å². The molecule has 2 aliphatic heterocycles. The van der Waals surface area contributed by atoms with E-state index in [1.807, 2.05) is 6.07 Å². The molecule has 2 saturated heterocycles. The van der Waals surface area contributed by atoms with Gasteiger partial charge in [0, 0.05) is 25.7 Å². The van der Waals surface area contributed by atoms with Crippen molar-refractivity contribution in [2.24, 2.45) is 0 Å². The Morgan fingerprint density at radius 3 is 2.73 bits per heavy atom. The van der Waals surface area contributed by atoms with Crippen LogP contribution in [0.3, 0.4) is 0 Å². The summed E-state index contributed by atoms with van der Waals surface area (Å²) in [6, 6.07) is 4.29. The number of aromatic nitrogens is 2. The molecule has 6 nitrogen and oxygen atoms in total. The zero-order chi connectivity index (χ0) is 15.4. The molecule has 0 radical (unpaired) electrons. The minimum Gasteiger partial charge on any atom is -0.378 e. The number of hydrogen-bond donors (Lipinski definition) is 0. The second-order valence-electron chi connectivity index (χ2n) is 5.93. The summed E-state index contributed by atoms with van der Waals surface area (Å²) in [4.78, 5) is 16.5. The van der Waals surface area contributed by atoms with Gasteiger partial charge in [0.2, 0.25) is 0 Å². The first-order chi connectivity index (χ1) is 10.8. The topological polar surface area (TPSA) is 58.6 Å². The predicted octanol–water partition coefficient (Wildman–Crippen LogP) is 1.72. The molecule has 3 rings (SSSR count). The molecule has 3 heterocycles. The first-order valence-corrected chi connectivity index (χ1v) is 8.27. The summed E-state index contributed by atoms with van der Waals surface area (Å²) in [7, 11) is 0. The fraction of sp³-hybridized carbons (Fsp3) is 0.688. The number of nitrogens with zero attached hydrogens (tertiary/aromatic N) is 4. The van der Waals surface area contributed by atoms with E-state index in [2.05, 4.69) is 22.0 Å².